The van der Waals surface area contributed by atoms with Crippen molar-refractivity contribution in [1.82, 2.24) is 15.1 Å². The van der Waals surface area contributed by atoms with E-state index in [0.29, 0.717) is 11.7 Å². The van der Waals surface area contributed by atoms with E-state index < -0.39 is 0 Å². The summed E-state index contributed by atoms with van der Waals surface area (Å²) in [5, 5.41) is 6.95. The summed E-state index contributed by atoms with van der Waals surface area (Å²) in [6.07, 6.45) is 2.51. The summed E-state index contributed by atoms with van der Waals surface area (Å²) >= 11 is 0. The van der Waals surface area contributed by atoms with Crippen LogP contribution in [0.2, 0.25) is 0 Å². The second-order valence-corrected chi connectivity index (χ2v) is 3.85. The first-order chi connectivity index (χ1) is 6.25. The molecule has 1 aromatic rings. The van der Waals surface area contributed by atoms with Crippen LogP contribution < -0.4 is 5.73 Å². The quantitative estimate of drug-likeness (QED) is 0.742. The second-order valence-electron chi connectivity index (χ2n) is 3.85. The van der Waals surface area contributed by atoms with Crippen LogP contribution >= 0.6 is 12.4 Å². The lowest BCUT2D eigenvalue weighted by molar-refractivity contribution is 0.248. The van der Waals surface area contributed by atoms with Gasteiger partial charge in [0.05, 0.1) is 0 Å². The van der Waals surface area contributed by atoms with Crippen LogP contribution in [-0.2, 0) is 0 Å². The van der Waals surface area contributed by atoms with Crippen molar-refractivity contribution in [3.63, 3.8) is 0 Å². The number of hydrogen-bond donors (Lipinski definition) is 2. The fourth-order valence-corrected chi connectivity index (χ4v) is 1.98. The molecular formula is C9H17ClN4. The number of nitrogens with zero attached hydrogens (tertiary/aromatic N) is 2. The normalized spacial score (nSPS) is 23.1. The van der Waals surface area contributed by atoms with Crippen LogP contribution in [0.3, 0.4) is 0 Å². The highest BCUT2D eigenvalue weighted by molar-refractivity contribution is 5.85. The number of piperidine rings is 1. The van der Waals surface area contributed by atoms with Crippen molar-refractivity contribution in [2.75, 3.05) is 25.9 Å². The van der Waals surface area contributed by atoms with Crippen molar-refractivity contribution in [2.45, 2.75) is 18.8 Å². The van der Waals surface area contributed by atoms with E-state index in [-0.39, 0.29) is 12.4 Å². The SMILES string of the molecule is CN1CCCC(c2cc(N)n[nH]2)C1.Cl. The van der Waals surface area contributed by atoms with E-state index in [9.17, 15) is 0 Å². The van der Waals surface area contributed by atoms with Gasteiger partial charge in [-0.15, -0.1) is 12.4 Å². The van der Waals surface area contributed by atoms with Crippen molar-refractivity contribution in [3.8, 4) is 0 Å². The molecule has 1 fully saturated rings. The molecule has 1 saturated heterocycles. The van der Waals surface area contributed by atoms with E-state index in [2.05, 4.69) is 22.1 Å². The minimum absolute atomic E-state index is 0. The van der Waals surface area contributed by atoms with E-state index in [4.69, 9.17) is 5.73 Å². The Labute approximate surface area is 90.3 Å². The summed E-state index contributed by atoms with van der Waals surface area (Å²) in [6, 6.07) is 1.95. The van der Waals surface area contributed by atoms with Gasteiger partial charge in [-0.25, -0.2) is 0 Å². The van der Waals surface area contributed by atoms with Gasteiger partial charge in [0.1, 0.15) is 5.82 Å². The highest BCUT2D eigenvalue weighted by Gasteiger charge is 2.20. The smallest absolute Gasteiger partial charge is 0.145 e. The topological polar surface area (TPSA) is 57.9 Å². The van der Waals surface area contributed by atoms with E-state index in [1.807, 2.05) is 6.07 Å². The van der Waals surface area contributed by atoms with Crippen molar-refractivity contribution in [3.05, 3.63) is 11.8 Å². The number of nitrogens with two attached hydrogens (primary N) is 1. The van der Waals surface area contributed by atoms with Crippen LogP contribution in [0.1, 0.15) is 24.5 Å². The molecule has 14 heavy (non-hydrogen) atoms. The van der Waals surface area contributed by atoms with Gasteiger partial charge in [0, 0.05) is 24.2 Å². The Morgan fingerprint density at radius 1 is 1.64 bits per heavy atom. The zero-order valence-corrected chi connectivity index (χ0v) is 9.18. The third-order valence-corrected chi connectivity index (χ3v) is 2.68. The monoisotopic (exact) mass is 216 g/mol. The molecule has 0 amide bonds. The number of halogens is 1. The molecule has 3 N–H and O–H groups in total. The standard InChI is InChI=1S/C9H16N4.ClH/c1-13-4-2-3-7(6-13)8-5-9(10)12-11-8;/h5,7H,2-4,6H2,1H3,(H3,10,11,12);1H. The predicted octanol–water partition coefficient (Wildman–Crippen LogP) is 1.22. The summed E-state index contributed by atoms with van der Waals surface area (Å²) in [6.45, 7) is 2.32. The maximum Gasteiger partial charge on any atom is 0.145 e. The highest BCUT2D eigenvalue weighted by atomic mass is 35.5. The van der Waals surface area contributed by atoms with Crippen molar-refractivity contribution < 1.29 is 0 Å². The molecule has 2 rings (SSSR count). The van der Waals surface area contributed by atoms with E-state index >= 15 is 0 Å². The van der Waals surface area contributed by atoms with Gasteiger partial charge < -0.3 is 10.6 Å². The number of likely N-dealkylation sites (tertiary alicyclic amines) is 1. The fourth-order valence-electron chi connectivity index (χ4n) is 1.98. The van der Waals surface area contributed by atoms with Gasteiger partial charge in [0.25, 0.3) is 0 Å². The molecular weight excluding hydrogens is 200 g/mol. The number of rotatable bonds is 1. The average molecular weight is 217 g/mol. The third-order valence-electron chi connectivity index (χ3n) is 2.68. The molecule has 5 heteroatoms. The number of anilines is 1. The zero-order chi connectivity index (χ0) is 9.26. The molecule has 1 aliphatic heterocycles. The molecule has 1 aliphatic rings. The number of H-pyrrole nitrogens is 1. The fraction of sp³-hybridized carbons (Fsp3) is 0.667. The first-order valence-electron chi connectivity index (χ1n) is 4.75. The summed E-state index contributed by atoms with van der Waals surface area (Å²) in [5.41, 5.74) is 6.75. The average Bonchev–Trinajstić information content (AvgIpc) is 2.52. The summed E-state index contributed by atoms with van der Waals surface area (Å²) in [4.78, 5) is 2.35. The molecule has 4 nitrogen and oxygen atoms in total. The molecule has 0 aromatic carbocycles. The van der Waals surface area contributed by atoms with Crippen molar-refractivity contribution in [1.29, 1.82) is 0 Å². The van der Waals surface area contributed by atoms with Gasteiger partial charge in [-0.1, -0.05) is 0 Å². The van der Waals surface area contributed by atoms with Crippen molar-refractivity contribution in [2.24, 2.45) is 0 Å². The van der Waals surface area contributed by atoms with E-state index in [0.717, 1.165) is 6.54 Å². The Balaban J connectivity index is 0.000000980. The number of likely N-dealkylation sites (N-methyl/N-ethyl adjacent to an activating group) is 1. The number of aromatic amines is 1. The lowest BCUT2D eigenvalue weighted by atomic mass is 9.95. The van der Waals surface area contributed by atoms with Gasteiger partial charge in [-0.3, -0.25) is 5.10 Å². The predicted molar refractivity (Wildman–Crippen MR) is 59.7 cm³/mol. The number of hydrogen-bond acceptors (Lipinski definition) is 3. The van der Waals surface area contributed by atoms with Gasteiger partial charge in [-0.05, 0) is 26.4 Å². The van der Waals surface area contributed by atoms with Gasteiger partial charge in [0.15, 0.2) is 0 Å². The van der Waals surface area contributed by atoms with Gasteiger partial charge in [0.2, 0.25) is 0 Å². The molecule has 0 aliphatic carbocycles. The molecule has 0 saturated carbocycles. The zero-order valence-electron chi connectivity index (χ0n) is 8.36. The Kier molecular flexibility index (Phi) is 3.77. The summed E-state index contributed by atoms with van der Waals surface area (Å²) in [7, 11) is 2.16. The van der Waals surface area contributed by atoms with Crippen LogP contribution in [0.25, 0.3) is 0 Å². The molecule has 2 heterocycles. The van der Waals surface area contributed by atoms with Crippen LogP contribution in [-0.4, -0.2) is 35.2 Å². The Hall–Kier alpha value is -0.740. The van der Waals surface area contributed by atoms with Crippen LogP contribution in [0, 0.1) is 0 Å². The Morgan fingerprint density at radius 3 is 3.00 bits per heavy atom. The lowest BCUT2D eigenvalue weighted by Gasteiger charge is -2.28. The molecule has 0 spiro atoms. The Bertz CT molecular complexity index is 286. The highest BCUT2D eigenvalue weighted by Crippen LogP contribution is 2.25. The van der Waals surface area contributed by atoms with E-state index in [1.54, 1.807) is 0 Å². The minimum atomic E-state index is 0. The number of aromatic nitrogens is 2. The van der Waals surface area contributed by atoms with Crippen LogP contribution in [0.4, 0.5) is 5.82 Å². The number of nitrogen functional groups attached to an aromatic ring is 1. The molecule has 1 aromatic heterocycles. The Morgan fingerprint density at radius 2 is 2.43 bits per heavy atom. The minimum Gasteiger partial charge on any atom is -0.382 e. The lowest BCUT2D eigenvalue weighted by Crippen LogP contribution is -2.30. The molecule has 80 valence electrons. The molecule has 1 unspecified atom stereocenters. The van der Waals surface area contributed by atoms with Gasteiger partial charge in [-0.2, -0.15) is 5.10 Å². The largest absolute Gasteiger partial charge is 0.382 e. The van der Waals surface area contributed by atoms with Crippen LogP contribution in [0.5, 0.6) is 0 Å². The van der Waals surface area contributed by atoms with Gasteiger partial charge >= 0.3 is 0 Å². The maximum atomic E-state index is 5.56. The third kappa shape index (κ3) is 2.39. The maximum absolute atomic E-state index is 5.56. The van der Waals surface area contributed by atoms with Crippen LogP contribution in [0.15, 0.2) is 6.07 Å². The molecule has 0 bridgehead atoms. The molecule has 1 atom stereocenters. The summed E-state index contributed by atoms with van der Waals surface area (Å²) < 4.78 is 0. The first kappa shape index (κ1) is 11.3. The van der Waals surface area contributed by atoms with E-state index in [1.165, 1.54) is 25.1 Å². The molecule has 0 radical (unpaired) electrons. The summed E-state index contributed by atoms with van der Waals surface area (Å²) in [5.74, 6) is 1.19. The van der Waals surface area contributed by atoms with Crippen molar-refractivity contribution >= 4 is 18.2 Å². The second kappa shape index (κ2) is 4.66. The number of nitrogens with one attached hydrogen (secondary N) is 1. The first-order valence-corrected chi connectivity index (χ1v) is 4.75.